The van der Waals surface area contributed by atoms with Crippen LogP contribution in [0.5, 0.6) is 5.75 Å². The van der Waals surface area contributed by atoms with Gasteiger partial charge < -0.3 is 36.2 Å². The number of fused-ring (bicyclic) bond motifs is 18. The molecular formula is C82H47BBrN2O8. The molecule has 20 rings (SSSR count). The minimum atomic E-state index is 0.555. The molecule has 20 aromatic rings. The normalized spacial score (nSPS) is 11.7. The SMILES string of the molecule is Brc1cncc(-c2ccc3oc4ccccc4c3c2)c1.O[B]Oc1ccc2oc3ccc(-c4ccc5oc6ccccc6c5c4)cc3c2c1.c1ccc2c(c1)oc1ccc(-c3cncc(-c4ccc5oc6ccc(-c7ccc8oc9ccccc9c8c7)cc6c5c4)c3)cc12. The number of halogens is 1. The first-order chi connectivity index (χ1) is 46.4. The van der Waals surface area contributed by atoms with Crippen molar-refractivity contribution in [2.45, 2.75) is 0 Å². The van der Waals surface area contributed by atoms with E-state index in [1.807, 2.05) is 122 Å². The van der Waals surface area contributed by atoms with Crippen LogP contribution in [0.4, 0.5) is 0 Å². The van der Waals surface area contributed by atoms with Gasteiger partial charge in [-0.3, -0.25) is 9.97 Å². The Bertz CT molecular complexity index is 6390. The molecule has 0 aliphatic carbocycles. The molecule has 0 spiro atoms. The lowest BCUT2D eigenvalue weighted by Crippen LogP contribution is -1.98. The predicted octanol–water partition coefficient (Wildman–Crippen LogP) is 23.2. The van der Waals surface area contributed by atoms with Crippen molar-refractivity contribution in [3.8, 4) is 61.4 Å². The molecule has 0 amide bonds. The van der Waals surface area contributed by atoms with Crippen LogP contribution in [-0.2, 0) is 0 Å². The standard InChI is InChI=1S/C41H23NO3.C24H14BO4.C17H10BrNO/c1-3-7-36-30(5-1)32-18-24(9-13-38(32)43-36)25-10-14-40-34(19-25)35-21-27(12-16-41(35)45-40)29-17-28(22-42-23-29)26-11-15-39-33(20-26)31-6-2-4-8-37(31)44-39;26-25-29-16-7-10-24-20(13-16)19-12-15(6-9-23(19)28-24)14-5-8-22-18(11-14)17-3-1-2-4-21(17)27-22;18-13-7-12(9-19-10-13)11-5-6-17-15(8-11)14-3-1-2-4-16(14)20-17/h1-23H;1-13,26H;1-10H. The van der Waals surface area contributed by atoms with Gasteiger partial charge in [0.25, 0.3) is 0 Å². The Kier molecular flexibility index (Phi) is 13.1. The number of para-hydroxylation sites is 4. The van der Waals surface area contributed by atoms with Gasteiger partial charge in [0.05, 0.1) is 0 Å². The zero-order chi connectivity index (χ0) is 62.4. The maximum atomic E-state index is 8.91. The molecule has 0 saturated carbocycles. The number of aromatic nitrogens is 2. The van der Waals surface area contributed by atoms with Gasteiger partial charge in [-0.2, -0.15) is 0 Å². The largest absolute Gasteiger partial charge is 0.569 e. The van der Waals surface area contributed by atoms with Crippen molar-refractivity contribution >= 4 is 155 Å². The van der Waals surface area contributed by atoms with Gasteiger partial charge in [0.1, 0.15) is 72.7 Å². The van der Waals surface area contributed by atoms with E-state index in [9.17, 15) is 0 Å². The second kappa shape index (κ2) is 22.5. The van der Waals surface area contributed by atoms with Gasteiger partial charge >= 0.3 is 7.69 Å². The van der Waals surface area contributed by atoms with Crippen molar-refractivity contribution in [3.63, 3.8) is 0 Å². The van der Waals surface area contributed by atoms with E-state index in [0.29, 0.717) is 13.4 Å². The molecule has 0 atom stereocenters. The third-order valence-electron chi connectivity index (χ3n) is 17.7. The molecule has 12 heteroatoms. The highest BCUT2D eigenvalue weighted by molar-refractivity contribution is 9.10. The number of nitrogens with zero attached hydrogens (tertiary/aromatic N) is 2. The molecule has 94 heavy (non-hydrogen) atoms. The van der Waals surface area contributed by atoms with Crippen LogP contribution >= 0.6 is 15.9 Å². The highest BCUT2D eigenvalue weighted by Crippen LogP contribution is 2.41. The molecule has 12 aromatic carbocycles. The van der Waals surface area contributed by atoms with E-state index in [1.54, 1.807) is 12.3 Å². The van der Waals surface area contributed by atoms with Gasteiger partial charge in [0.15, 0.2) is 0 Å². The van der Waals surface area contributed by atoms with E-state index in [4.69, 9.17) is 36.2 Å². The number of benzene rings is 12. The molecule has 8 aromatic heterocycles. The molecule has 1 N–H and O–H groups in total. The summed E-state index contributed by atoms with van der Waals surface area (Å²) >= 11 is 3.46. The van der Waals surface area contributed by atoms with Gasteiger partial charge in [-0.05, 0) is 194 Å². The van der Waals surface area contributed by atoms with Gasteiger partial charge in [0.2, 0.25) is 0 Å². The summed E-state index contributed by atoms with van der Waals surface area (Å²) in [5, 5.41) is 22.0. The second-order valence-corrected chi connectivity index (χ2v) is 24.2. The quantitative estimate of drug-likeness (QED) is 0.154. The molecule has 0 saturated heterocycles. The Morgan fingerprint density at radius 3 is 0.798 bits per heavy atom. The van der Waals surface area contributed by atoms with Crippen molar-refractivity contribution < 1.29 is 36.2 Å². The van der Waals surface area contributed by atoms with Crippen LogP contribution in [0.3, 0.4) is 0 Å². The molecule has 8 heterocycles. The van der Waals surface area contributed by atoms with E-state index >= 15 is 0 Å². The molecule has 1 radical (unpaired) electrons. The second-order valence-electron chi connectivity index (χ2n) is 23.3. The molecule has 0 aliphatic heterocycles. The fourth-order valence-electron chi connectivity index (χ4n) is 13.2. The summed E-state index contributed by atoms with van der Waals surface area (Å²) in [6.45, 7) is 0. The van der Waals surface area contributed by atoms with Gasteiger partial charge in [-0.25, -0.2) is 0 Å². The minimum Gasteiger partial charge on any atom is -0.537 e. The predicted molar refractivity (Wildman–Crippen MR) is 382 cm³/mol. The highest BCUT2D eigenvalue weighted by Gasteiger charge is 2.17. The maximum Gasteiger partial charge on any atom is 0.569 e. The Morgan fingerprint density at radius 1 is 0.245 bits per heavy atom. The third-order valence-corrected chi connectivity index (χ3v) is 18.1. The molecule has 0 unspecified atom stereocenters. The van der Waals surface area contributed by atoms with E-state index in [0.717, 1.165) is 192 Å². The number of furan rings is 6. The summed E-state index contributed by atoms with van der Waals surface area (Å²) in [4.78, 5) is 8.86. The van der Waals surface area contributed by atoms with Crippen LogP contribution in [0.25, 0.3) is 187 Å². The lowest BCUT2D eigenvalue weighted by molar-refractivity contribution is 0.454. The number of hydrogen-bond acceptors (Lipinski definition) is 10. The highest BCUT2D eigenvalue weighted by atomic mass is 79.9. The van der Waals surface area contributed by atoms with E-state index in [2.05, 4.69) is 171 Å². The van der Waals surface area contributed by atoms with Crippen molar-refractivity contribution in [3.05, 3.63) is 284 Å². The number of rotatable bonds is 7. The Balaban J connectivity index is 0.000000113. The topological polar surface area (TPSA) is 134 Å². The fraction of sp³-hybridized carbons (Fsp3) is 0. The van der Waals surface area contributed by atoms with Crippen LogP contribution in [0.2, 0.25) is 0 Å². The average Bonchev–Trinajstić information content (AvgIpc) is 1.63. The third kappa shape index (κ3) is 9.70. The van der Waals surface area contributed by atoms with Gasteiger partial charge in [-0.15, -0.1) is 0 Å². The molecule has 0 aliphatic rings. The van der Waals surface area contributed by atoms with Crippen molar-refractivity contribution in [2.75, 3.05) is 0 Å². The Labute approximate surface area is 543 Å². The number of pyridine rings is 2. The first kappa shape index (κ1) is 54.9. The van der Waals surface area contributed by atoms with Crippen LogP contribution in [-0.4, -0.2) is 22.7 Å². The zero-order valence-electron chi connectivity index (χ0n) is 49.7. The summed E-state index contributed by atoms with van der Waals surface area (Å²) in [6.07, 6.45) is 7.50. The van der Waals surface area contributed by atoms with Gasteiger partial charge in [0, 0.05) is 111 Å². The lowest BCUT2D eigenvalue weighted by Gasteiger charge is -2.06. The molecule has 443 valence electrons. The van der Waals surface area contributed by atoms with Gasteiger partial charge in [-0.1, -0.05) is 115 Å². The van der Waals surface area contributed by atoms with E-state index < -0.39 is 0 Å². The van der Waals surface area contributed by atoms with Crippen molar-refractivity contribution in [1.29, 1.82) is 0 Å². The van der Waals surface area contributed by atoms with Crippen LogP contribution in [0.15, 0.2) is 311 Å². The van der Waals surface area contributed by atoms with Crippen LogP contribution in [0, 0.1) is 0 Å². The van der Waals surface area contributed by atoms with E-state index in [1.165, 1.54) is 0 Å². The van der Waals surface area contributed by atoms with Crippen LogP contribution in [0.1, 0.15) is 0 Å². The fourth-order valence-corrected chi connectivity index (χ4v) is 13.5. The van der Waals surface area contributed by atoms with Crippen LogP contribution < -0.4 is 4.65 Å². The van der Waals surface area contributed by atoms with Crippen molar-refractivity contribution in [2.24, 2.45) is 0 Å². The van der Waals surface area contributed by atoms with Crippen molar-refractivity contribution in [1.82, 2.24) is 9.97 Å². The van der Waals surface area contributed by atoms with E-state index in [-0.39, 0.29) is 0 Å². The monoisotopic (exact) mass is 1280 g/mol. The molecular weight excluding hydrogens is 1230 g/mol. The number of hydrogen-bond donors (Lipinski definition) is 1. The summed E-state index contributed by atoms with van der Waals surface area (Å²) in [7, 11) is 0.680. The maximum absolute atomic E-state index is 8.91. The summed E-state index contributed by atoms with van der Waals surface area (Å²) in [5.41, 5.74) is 21.5. The lowest BCUT2D eigenvalue weighted by atomic mass is 9.98. The summed E-state index contributed by atoms with van der Waals surface area (Å²) in [6, 6.07) is 86.5. The molecule has 10 nitrogen and oxygen atoms in total. The smallest absolute Gasteiger partial charge is 0.537 e. The Hall–Kier alpha value is -12.0. The summed E-state index contributed by atoms with van der Waals surface area (Å²) in [5.74, 6) is 0.555. The average molecular weight is 1280 g/mol. The molecule has 0 fully saturated rings. The Morgan fingerprint density at radius 2 is 0.489 bits per heavy atom. The summed E-state index contributed by atoms with van der Waals surface area (Å²) < 4.78 is 42.2. The first-order valence-electron chi connectivity index (χ1n) is 30.6. The zero-order valence-corrected chi connectivity index (χ0v) is 51.3. The minimum absolute atomic E-state index is 0.555. The molecule has 0 bridgehead atoms. The first-order valence-corrected chi connectivity index (χ1v) is 31.4.